The Morgan fingerprint density at radius 2 is 1.72 bits per heavy atom. The minimum atomic E-state index is 0.0800. The molecule has 4 heteroatoms. The van der Waals surface area contributed by atoms with Crippen LogP contribution in [0.15, 0.2) is 82.6 Å². The number of rotatable bonds is 3. The van der Waals surface area contributed by atoms with Crippen LogP contribution in [0.2, 0.25) is 0 Å². The SMILES string of the molecule is O=C1\C(=C/C=C/C=C/c2sc3ccccc3c2O)Sc2ccccc21. The molecule has 1 aliphatic rings. The van der Waals surface area contributed by atoms with Gasteiger partial charge in [-0.05, 0) is 36.4 Å². The van der Waals surface area contributed by atoms with Crippen LogP contribution in [0.3, 0.4) is 0 Å². The van der Waals surface area contributed by atoms with Crippen LogP contribution in [0, 0.1) is 0 Å². The number of carbonyl (C=O) groups is 1. The van der Waals surface area contributed by atoms with E-state index in [1.54, 1.807) is 11.3 Å². The van der Waals surface area contributed by atoms with Crippen LogP contribution < -0.4 is 0 Å². The van der Waals surface area contributed by atoms with Gasteiger partial charge in [0.25, 0.3) is 0 Å². The van der Waals surface area contributed by atoms with Gasteiger partial charge in [-0.25, -0.2) is 0 Å². The van der Waals surface area contributed by atoms with Crippen molar-refractivity contribution in [2.45, 2.75) is 4.90 Å². The molecule has 0 fully saturated rings. The number of hydrogen-bond acceptors (Lipinski definition) is 4. The van der Waals surface area contributed by atoms with E-state index in [1.165, 1.54) is 11.8 Å². The third kappa shape index (κ3) is 3.06. The van der Waals surface area contributed by atoms with Gasteiger partial charge in [-0.2, -0.15) is 0 Å². The van der Waals surface area contributed by atoms with Gasteiger partial charge in [0.05, 0.1) is 9.78 Å². The van der Waals surface area contributed by atoms with Crippen molar-refractivity contribution < 1.29 is 9.90 Å². The molecule has 2 nitrogen and oxygen atoms in total. The normalized spacial score (nSPS) is 15.8. The third-order valence-corrected chi connectivity index (χ3v) is 6.13. The lowest BCUT2D eigenvalue weighted by Crippen LogP contribution is -1.92. The summed E-state index contributed by atoms with van der Waals surface area (Å²) in [4.78, 5) is 14.8. The van der Waals surface area contributed by atoms with E-state index in [-0.39, 0.29) is 5.78 Å². The Hall–Kier alpha value is -2.56. The molecular formula is C21H14O2S2. The lowest BCUT2D eigenvalue weighted by atomic mass is 10.1. The Labute approximate surface area is 153 Å². The van der Waals surface area contributed by atoms with Crippen molar-refractivity contribution in [2.75, 3.05) is 0 Å². The topological polar surface area (TPSA) is 37.3 Å². The summed E-state index contributed by atoms with van der Waals surface area (Å²) in [5.41, 5.74) is 0.776. The molecule has 0 radical (unpaired) electrons. The summed E-state index contributed by atoms with van der Waals surface area (Å²) in [5.74, 6) is 0.400. The van der Waals surface area contributed by atoms with Gasteiger partial charge in [0.1, 0.15) is 5.75 Å². The number of Topliss-reactive ketones (excluding diaryl/α,β-unsaturated/α-hetero) is 1. The molecule has 0 saturated carbocycles. The third-order valence-electron chi connectivity index (χ3n) is 3.89. The van der Waals surface area contributed by atoms with Gasteiger partial charge < -0.3 is 5.11 Å². The van der Waals surface area contributed by atoms with Gasteiger partial charge in [-0.15, -0.1) is 11.3 Å². The minimum absolute atomic E-state index is 0.0800. The molecule has 0 bridgehead atoms. The number of thiophene rings is 1. The zero-order chi connectivity index (χ0) is 17.2. The summed E-state index contributed by atoms with van der Waals surface area (Å²) in [7, 11) is 0. The molecule has 0 saturated heterocycles. The standard InChI is InChI=1S/C21H14O2S2/c22-20-14-8-4-6-10-16(14)24-18(20)12-2-1-3-13-19-21(23)15-9-5-7-11-17(15)25-19/h1-13,22H/b3-1+,12-2+,19-13+. The van der Waals surface area contributed by atoms with Crippen molar-refractivity contribution in [3.63, 3.8) is 0 Å². The first-order valence-electron chi connectivity index (χ1n) is 7.81. The lowest BCUT2D eigenvalue weighted by Gasteiger charge is -1.90. The van der Waals surface area contributed by atoms with E-state index in [1.807, 2.05) is 78.9 Å². The molecule has 25 heavy (non-hydrogen) atoms. The maximum Gasteiger partial charge on any atom is 0.200 e. The van der Waals surface area contributed by atoms with E-state index >= 15 is 0 Å². The first-order chi connectivity index (χ1) is 12.2. The average molecular weight is 362 g/mol. The molecule has 4 rings (SSSR count). The quantitative estimate of drug-likeness (QED) is 0.455. The van der Waals surface area contributed by atoms with Crippen LogP contribution >= 0.6 is 23.1 Å². The predicted molar refractivity (Wildman–Crippen MR) is 106 cm³/mol. The fourth-order valence-electron chi connectivity index (χ4n) is 2.66. The molecule has 0 atom stereocenters. The molecule has 2 heterocycles. The number of allylic oxidation sites excluding steroid dienone is 5. The fourth-order valence-corrected chi connectivity index (χ4v) is 4.68. The summed E-state index contributed by atoms with van der Waals surface area (Å²) in [5, 5.41) is 11.1. The van der Waals surface area contributed by atoms with E-state index in [4.69, 9.17) is 0 Å². The predicted octanol–water partition coefficient (Wildman–Crippen LogP) is 6.05. The number of benzene rings is 2. The fraction of sp³-hybridized carbons (Fsp3) is 0. The second-order valence-corrected chi connectivity index (χ2v) is 7.68. The Bertz CT molecular complexity index is 1050. The highest BCUT2D eigenvalue weighted by Gasteiger charge is 2.24. The molecule has 1 N–H and O–H groups in total. The summed E-state index contributed by atoms with van der Waals surface area (Å²) in [6.07, 6.45) is 9.31. The maximum atomic E-state index is 12.3. The molecule has 1 aliphatic heterocycles. The monoisotopic (exact) mass is 362 g/mol. The number of hydrogen-bond donors (Lipinski definition) is 1. The van der Waals surface area contributed by atoms with Crippen molar-refractivity contribution in [1.29, 1.82) is 0 Å². The van der Waals surface area contributed by atoms with Crippen LogP contribution in [0.25, 0.3) is 16.2 Å². The van der Waals surface area contributed by atoms with Gasteiger partial charge in [-0.1, -0.05) is 54.3 Å². The summed E-state index contributed by atoms with van der Waals surface area (Å²) < 4.78 is 1.07. The van der Waals surface area contributed by atoms with Crippen LogP contribution in [-0.2, 0) is 0 Å². The largest absolute Gasteiger partial charge is 0.506 e. The Morgan fingerprint density at radius 1 is 0.920 bits per heavy atom. The first kappa shape index (κ1) is 15.9. The Balaban J connectivity index is 1.49. The number of thioether (sulfide) groups is 1. The Morgan fingerprint density at radius 3 is 2.56 bits per heavy atom. The van der Waals surface area contributed by atoms with E-state index in [2.05, 4.69) is 0 Å². The highest BCUT2D eigenvalue weighted by molar-refractivity contribution is 8.04. The number of fused-ring (bicyclic) bond motifs is 2. The highest BCUT2D eigenvalue weighted by Crippen LogP contribution is 2.39. The molecule has 2 aromatic carbocycles. The molecule has 122 valence electrons. The van der Waals surface area contributed by atoms with E-state index < -0.39 is 0 Å². The highest BCUT2D eigenvalue weighted by atomic mass is 32.2. The second-order valence-electron chi connectivity index (χ2n) is 5.51. The molecule has 0 spiro atoms. The summed E-state index contributed by atoms with van der Waals surface area (Å²) in [6, 6.07) is 15.5. The number of carbonyl (C=O) groups excluding carboxylic acids is 1. The van der Waals surface area contributed by atoms with Crippen LogP contribution in [0.4, 0.5) is 0 Å². The lowest BCUT2D eigenvalue weighted by molar-refractivity contribution is 0.104. The smallest absolute Gasteiger partial charge is 0.200 e. The number of ketones is 1. The van der Waals surface area contributed by atoms with Crippen molar-refractivity contribution in [3.05, 3.63) is 88.2 Å². The number of aromatic hydroxyl groups is 1. The van der Waals surface area contributed by atoms with E-state index in [9.17, 15) is 9.90 Å². The molecule has 1 aromatic heterocycles. The van der Waals surface area contributed by atoms with Crippen molar-refractivity contribution in [1.82, 2.24) is 0 Å². The van der Waals surface area contributed by atoms with Crippen LogP contribution in [0.5, 0.6) is 5.75 Å². The second kappa shape index (κ2) is 6.75. The summed E-state index contributed by atoms with van der Waals surface area (Å²) >= 11 is 3.06. The molecule has 3 aromatic rings. The first-order valence-corrected chi connectivity index (χ1v) is 9.44. The Kier molecular flexibility index (Phi) is 4.30. The molecule has 0 unspecified atom stereocenters. The zero-order valence-corrected chi connectivity index (χ0v) is 14.8. The summed E-state index contributed by atoms with van der Waals surface area (Å²) in [6.45, 7) is 0. The van der Waals surface area contributed by atoms with E-state index in [0.29, 0.717) is 5.75 Å². The molecular weight excluding hydrogens is 348 g/mol. The van der Waals surface area contributed by atoms with Gasteiger partial charge in [0, 0.05) is 20.5 Å². The van der Waals surface area contributed by atoms with Crippen molar-refractivity contribution >= 4 is 45.0 Å². The average Bonchev–Trinajstić information content (AvgIpc) is 3.13. The maximum absolute atomic E-state index is 12.3. The molecule has 0 amide bonds. The van der Waals surface area contributed by atoms with Gasteiger partial charge in [0.15, 0.2) is 0 Å². The van der Waals surface area contributed by atoms with Gasteiger partial charge >= 0.3 is 0 Å². The zero-order valence-electron chi connectivity index (χ0n) is 13.2. The van der Waals surface area contributed by atoms with Crippen molar-refractivity contribution in [2.24, 2.45) is 0 Å². The minimum Gasteiger partial charge on any atom is -0.506 e. The van der Waals surface area contributed by atoms with E-state index in [0.717, 1.165) is 30.3 Å². The molecule has 0 aliphatic carbocycles. The van der Waals surface area contributed by atoms with Gasteiger partial charge in [-0.3, -0.25) is 4.79 Å². The van der Waals surface area contributed by atoms with Gasteiger partial charge in [0.2, 0.25) is 5.78 Å². The van der Waals surface area contributed by atoms with Crippen LogP contribution in [-0.4, -0.2) is 10.9 Å². The van der Waals surface area contributed by atoms with Crippen LogP contribution in [0.1, 0.15) is 15.2 Å². The van der Waals surface area contributed by atoms with Crippen molar-refractivity contribution in [3.8, 4) is 5.75 Å².